The number of rotatable bonds is 3. The van der Waals surface area contributed by atoms with Gasteiger partial charge in [0.2, 0.25) is 0 Å². The number of carbonyl (C=O) groups is 1. The largest absolute Gasteiger partial charge is 1.00 e. The maximum Gasteiger partial charge on any atom is 0.328 e. The van der Waals surface area contributed by atoms with Gasteiger partial charge in [0.25, 0.3) is 0 Å². The number of hydrogen-bond donors (Lipinski definition) is 1. The van der Waals surface area contributed by atoms with E-state index in [1.165, 1.54) is 7.11 Å². The second-order valence-corrected chi connectivity index (χ2v) is 4.39. The highest BCUT2D eigenvalue weighted by Gasteiger charge is 2.29. The third-order valence-electron chi connectivity index (χ3n) is 2.12. The molecule has 0 aromatic carbocycles. The Morgan fingerprint density at radius 2 is 2.25 bits per heavy atom. The summed E-state index contributed by atoms with van der Waals surface area (Å²) in [5, 5.41) is 4.21. The van der Waals surface area contributed by atoms with Crippen molar-refractivity contribution in [2.24, 2.45) is 0 Å². The highest BCUT2D eigenvalue weighted by Crippen LogP contribution is 2.24. The molecule has 1 aliphatic rings. The van der Waals surface area contributed by atoms with Gasteiger partial charge in [0.15, 0.2) is 6.21 Å². The zero-order valence-corrected chi connectivity index (χ0v) is 12.9. The molecule has 0 aliphatic carbocycles. The summed E-state index contributed by atoms with van der Waals surface area (Å²) in [5.74, 6) is -0.205. The van der Waals surface area contributed by atoms with Crippen molar-refractivity contribution in [3.05, 3.63) is 10.6 Å². The number of carbonyl (C=O) groups excluding carboxylic acids is 1. The number of nitrogens with zero attached hydrogens (tertiary/aromatic N) is 1. The number of esters is 1. The number of halogens is 1. The number of hydrogen-bond acceptors (Lipinski definition) is 4. The van der Waals surface area contributed by atoms with Crippen LogP contribution in [0.4, 0.5) is 0 Å². The molecule has 1 heterocycles. The molecule has 0 aromatic rings. The molecule has 0 fully saturated rings. The van der Waals surface area contributed by atoms with Crippen LogP contribution in [0.3, 0.4) is 0 Å². The van der Waals surface area contributed by atoms with E-state index < -0.39 is 0 Å². The van der Waals surface area contributed by atoms with Crippen LogP contribution < -0.4 is 29.3 Å². The Kier molecular flexibility index (Phi) is 7.05. The van der Waals surface area contributed by atoms with E-state index in [0.717, 1.165) is 10.6 Å². The van der Waals surface area contributed by atoms with Crippen molar-refractivity contribution in [1.29, 1.82) is 0 Å². The molecule has 0 bridgehead atoms. The fourth-order valence-electron chi connectivity index (χ4n) is 1.51. The van der Waals surface area contributed by atoms with E-state index in [0.29, 0.717) is 6.42 Å². The monoisotopic (exact) mass is 356 g/mol. The van der Waals surface area contributed by atoms with Gasteiger partial charge in [0.05, 0.1) is 12.1 Å². The molecule has 16 heavy (non-hydrogen) atoms. The summed E-state index contributed by atoms with van der Waals surface area (Å²) in [6.07, 6.45) is 4.72. The predicted octanol–water partition coefficient (Wildman–Crippen LogP) is -2.56. The summed E-state index contributed by atoms with van der Waals surface area (Å²) in [5.41, 5.74) is 1.16. The van der Waals surface area contributed by atoms with Crippen LogP contribution in [0.15, 0.2) is 10.6 Å². The highest BCUT2D eigenvalue weighted by atomic mass is 127. The van der Waals surface area contributed by atoms with Gasteiger partial charge in [-0.1, -0.05) is 0 Å². The minimum Gasteiger partial charge on any atom is -1.00 e. The second-order valence-electron chi connectivity index (χ2n) is 3.58. The Hall–Kier alpha value is -0.240. The number of methoxy groups -OCH3 is 1. The molecule has 0 saturated carbocycles. The Morgan fingerprint density at radius 3 is 2.69 bits per heavy atom. The topological polar surface area (TPSA) is 41.3 Å². The first-order chi connectivity index (χ1) is 7.08. The van der Waals surface area contributed by atoms with Gasteiger partial charge in [0.1, 0.15) is 20.1 Å². The lowest BCUT2D eigenvalue weighted by Crippen LogP contribution is -3.00. The lowest BCUT2D eigenvalue weighted by atomic mass is 10.1. The molecule has 1 atom stereocenters. The third-order valence-corrected chi connectivity index (χ3v) is 2.91. The molecule has 1 aliphatic heterocycles. The van der Waals surface area contributed by atoms with Gasteiger partial charge in [-0.05, 0) is 6.26 Å². The highest BCUT2D eigenvalue weighted by molar-refractivity contribution is 8.02. The first kappa shape index (κ1) is 15.8. The van der Waals surface area contributed by atoms with Crippen LogP contribution in [0, 0.1) is 0 Å². The van der Waals surface area contributed by atoms with Crippen molar-refractivity contribution >= 4 is 23.9 Å². The van der Waals surface area contributed by atoms with E-state index in [4.69, 9.17) is 4.74 Å². The standard InChI is InChI=1S/C10H16N2O2S.HI/c1-12(2)6-7-5-8(10(13)14-3)11-9(7)15-4;/h6,8H,5H2,1-4H3;1H. The van der Waals surface area contributed by atoms with E-state index in [9.17, 15) is 4.79 Å². The zero-order chi connectivity index (χ0) is 11.4. The van der Waals surface area contributed by atoms with Crippen LogP contribution in [0.5, 0.6) is 0 Å². The second kappa shape index (κ2) is 7.16. The SMILES string of the molecule is COC(=O)C1CC(C=[N+](C)C)=C(SC)N1.[I-]. The summed E-state index contributed by atoms with van der Waals surface area (Å²) >= 11 is 1.62. The van der Waals surface area contributed by atoms with Crippen LogP contribution in [0.1, 0.15) is 6.42 Å². The van der Waals surface area contributed by atoms with E-state index in [1.807, 2.05) is 31.1 Å². The Labute approximate surface area is 118 Å². The van der Waals surface area contributed by atoms with Gasteiger partial charge in [-0.25, -0.2) is 9.37 Å². The van der Waals surface area contributed by atoms with Gasteiger partial charge in [-0.2, -0.15) is 0 Å². The van der Waals surface area contributed by atoms with Crippen molar-refractivity contribution in [3.63, 3.8) is 0 Å². The van der Waals surface area contributed by atoms with Crippen LogP contribution in [-0.4, -0.2) is 50.3 Å². The molecule has 0 radical (unpaired) electrons. The summed E-state index contributed by atoms with van der Waals surface area (Å²) < 4.78 is 6.69. The van der Waals surface area contributed by atoms with Crippen LogP contribution in [-0.2, 0) is 9.53 Å². The van der Waals surface area contributed by atoms with Crippen LogP contribution in [0.2, 0.25) is 0 Å². The lowest BCUT2D eigenvalue weighted by Gasteiger charge is -2.08. The van der Waals surface area contributed by atoms with E-state index >= 15 is 0 Å². The minimum absolute atomic E-state index is 0. The maximum absolute atomic E-state index is 11.4. The summed E-state index contributed by atoms with van der Waals surface area (Å²) in [6, 6.07) is -0.233. The van der Waals surface area contributed by atoms with Crippen LogP contribution >= 0.6 is 11.8 Å². The molecule has 92 valence electrons. The fraction of sp³-hybridized carbons (Fsp3) is 0.600. The predicted molar refractivity (Wildman–Crippen MR) is 62.3 cm³/mol. The summed E-state index contributed by atoms with van der Waals surface area (Å²) in [6.45, 7) is 0. The van der Waals surface area contributed by atoms with Gasteiger partial charge in [-0.3, -0.25) is 0 Å². The van der Waals surface area contributed by atoms with Gasteiger partial charge in [0, 0.05) is 12.0 Å². The molecular weight excluding hydrogens is 339 g/mol. The third kappa shape index (κ3) is 3.97. The lowest BCUT2D eigenvalue weighted by molar-refractivity contribution is -0.459. The average molecular weight is 356 g/mol. The number of ether oxygens (including phenoxy) is 1. The molecule has 0 spiro atoms. The smallest absolute Gasteiger partial charge is 0.328 e. The number of nitrogens with one attached hydrogen (secondary N) is 1. The average Bonchev–Trinajstić information content (AvgIpc) is 2.59. The summed E-state index contributed by atoms with van der Waals surface area (Å²) in [7, 11) is 5.35. The Bertz CT molecular complexity index is 325. The fourth-order valence-corrected chi connectivity index (χ4v) is 2.17. The molecule has 0 aromatic heterocycles. The van der Waals surface area contributed by atoms with Crippen molar-refractivity contribution < 1.29 is 38.1 Å². The minimum atomic E-state index is -0.233. The molecule has 1 N–H and O–H groups in total. The quantitative estimate of drug-likeness (QED) is 0.262. The Morgan fingerprint density at radius 1 is 1.62 bits per heavy atom. The molecule has 0 saturated heterocycles. The maximum atomic E-state index is 11.4. The summed E-state index contributed by atoms with van der Waals surface area (Å²) in [4.78, 5) is 11.4. The van der Waals surface area contributed by atoms with Gasteiger partial charge < -0.3 is 34.0 Å². The van der Waals surface area contributed by atoms with Crippen molar-refractivity contribution in [2.75, 3.05) is 27.5 Å². The molecule has 1 unspecified atom stereocenters. The van der Waals surface area contributed by atoms with E-state index in [-0.39, 0.29) is 36.0 Å². The van der Waals surface area contributed by atoms with Crippen molar-refractivity contribution in [2.45, 2.75) is 12.5 Å². The van der Waals surface area contributed by atoms with Gasteiger partial charge >= 0.3 is 5.97 Å². The molecule has 6 heteroatoms. The Balaban J connectivity index is 0.00000225. The number of thioether (sulfide) groups is 1. The molecule has 0 amide bonds. The zero-order valence-electron chi connectivity index (χ0n) is 9.91. The van der Waals surface area contributed by atoms with Crippen molar-refractivity contribution in [3.8, 4) is 0 Å². The van der Waals surface area contributed by atoms with Gasteiger partial charge in [-0.15, -0.1) is 11.8 Å². The molecule has 1 rings (SSSR count). The van der Waals surface area contributed by atoms with E-state index in [1.54, 1.807) is 11.8 Å². The first-order valence-electron chi connectivity index (χ1n) is 4.71. The normalized spacial score (nSPS) is 18.6. The molecule has 4 nitrogen and oxygen atoms in total. The van der Waals surface area contributed by atoms with Crippen molar-refractivity contribution in [1.82, 2.24) is 5.32 Å². The van der Waals surface area contributed by atoms with Crippen LogP contribution in [0.25, 0.3) is 0 Å². The first-order valence-corrected chi connectivity index (χ1v) is 5.93. The van der Waals surface area contributed by atoms with E-state index in [2.05, 4.69) is 5.32 Å². The molecular formula is C10H17IN2O2S.